The predicted octanol–water partition coefficient (Wildman–Crippen LogP) is 6.74. The fourth-order valence-corrected chi connectivity index (χ4v) is 7.14. The maximum absolute atomic E-state index is 12.7. The van der Waals surface area contributed by atoms with Gasteiger partial charge in [-0.1, -0.05) is 83.3 Å². The van der Waals surface area contributed by atoms with Crippen molar-refractivity contribution in [3.05, 3.63) is 156 Å². The van der Waals surface area contributed by atoms with Crippen LogP contribution in [0.2, 0.25) is 0 Å². The molecule has 6 aromatic heterocycles. The van der Waals surface area contributed by atoms with Gasteiger partial charge >= 0.3 is 0 Å². The first-order chi connectivity index (χ1) is 31.3. The summed E-state index contributed by atoms with van der Waals surface area (Å²) in [6, 6.07) is 28.7. The molecule has 8 rings (SSSR count). The molecule has 0 aliphatic rings. The van der Waals surface area contributed by atoms with E-state index in [1.165, 1.54) is 61.4 Å². The highest BCUT2D eigenvalue weighted by Crippen LogP contribution is 2.32. The minimum absolute atomic E-state index is 0.0124. The van der Waals surface area contributed by atoms with Crippen LogP contribution in [-0.2, 0) is 0 Å². The van der Waals surface area contributed by atoms with Crippen LogP contribution >= 0.6 is 22.7 Å². The van der Waals surface area contributed by atoms with Gasteiger partial charge in [-0.3, -0.25) is 30.2 Å². The number of pyridine rings is 4. The molecule has 0 saturated heterocycles. The Bertz CT molecular complexity index is 2750. The predicted molar refractivity (Wildman–Crippen MR) is 238 cm³/mol. The first-order valence-corrected chi connectivity index (χ1v) is 20.8. The van der Waals surface area contributed by atoms with Gasteiger partial charge in [-0.2, -0.15) is 0 Å². The molecule has 2 amide bonds. The Morgan fingerprint density at radius 3 is 1.59 bits per heavy atom. The molecule has 0 spiro atoms. The number of nitrogens with one attached hydrogen (secondary N) is 2. The highest BCUT2D eigenvalue weighted by Gasteiger charge is 2.20. The van der Waals surface area contributed by atoms with Gasteiger partial charge in [0.2, 0.25) is 10.3 Å². The second kappa shape index (κ2) is 21.8. The Morgan fingerprint density at radius 1 is 0.641 bits per heavy atom. The molecule has 4 N–H and O–H groups in total. The van der Waals surface area contributed by atoms with Crippen LogP contribution in [0.1, 0.15) is 44.1 Å². The summed E-state index contributed by atoms with van der Waals surface area (Å²) in [5.41, 5.74) is 3.77. The van der Waals surface area contributed by atoms with Crippen LogP contribution in [-0.4, -0.2) is 89.8 Å². The lowest BCUT2D eigenvalue weighted by Gasteiger charge is -2.18. The Hall–Kier alpha value is -7.78. The average molecular weight is 899 g/mol. The number of hydrogen-bond donors (Lipinski definition) is 4. The van der Waals surface area contributed by atoms with Gasteiger partial charge in [0.15, 0.2) is 11.5 Å². The van der Waals surface area contributed by atoms with Crippen molar-refractivity contribution in [2.45, 2.75) is 12.2 Å². The van der Waals surface area contributed by atoms with Crippen LogP contribution in [0.4, 0.5) is 10.3 Å². The summed E-state index contributed by atoms with van der Waals surface area (Å²) in [5, 5.41) is 43.6. The van der Waals surface area contributed by atoms with E-state index < -0.39 is 24.0 Å². The summed E-state index contributed by atoms with van der Waals surface area (Å²) >= 11 is 2.49. The molecule has 18 nitrogen and oxygen atoms in total. The first-order valence-electron chi connectivity index (χ1n) is 19.2. The monoisotopic (exact) mass is 898 g/mol. The van der Waals surface area contributed by atoms with Gasteiger partial charge in [-0.15, -0.1) is 20.4 Å². The fourth-order valence-electron chi connectivity index (χ4n) is 5.65. The molecule has 6 heterocycles. The molecule has 0 bridgehead atoms. The van der Waals surface area contributed by atoms with Crippen LogP contribution in [0.25, 0.3) is 21.1 Å². The molecule has 64 heavy (non-hydrogen) atoms. The van der Waals surface area contributed by atoms with E-state index in [1.54, 1.807) is 36.9 Å². The number of methoxy groups -OCH3 is 2. The molecular weight excluding hydrogens is 861 g/mol. The highest BCUT2D eigenvalue weighted by molar-refractivity contribution is 7.19. The SMILES string of the molecule is COc1cc(C(=O)Nc2nnc(-c3ccncc3)s2)cnc1OC[C@H](O)c1ccccc1.COc1cc(C(=O)Nc2nnc(-c3ccncc3)s2)cnc1O[C@@H](CO)c1ccccc1. The second-order valence-corrected chi connectivity index (χ2v) is 15.1. The third-order valence-electron chi connectivity index (χ3n) is 8.90. The van der Waals surface area contributed by atoms with Gasteiger partial charge in [-0.05, 0) is 35.4 Å². The maximum atomic E-state index is 12.7. The lowest BCUT2D eigenvalue weighted by atomic mass is 10.1. The summed E-state index contributed by atoms with van der Waals surface area (Å²) in [4.78, 5) is 41.6. The van der Waals surface area contributed by atoms with Gasteiger partial charge in [-0.25, -0.2) is 9.97 Å². The fraction of sp³-hybridized carbons (Fsp3) is 0.136. The van der Waals surface area contributed by atoms with E-state index in [-0.39, 0.29) is 47.6 Å². The number of anilines is 2. The van der Waals surface area contributed by atoms with Gasteiger partial charge in [0, 0.05) is 60.4 Å². The molecule has 0 aliphatic heterocycles. The van der Waals surface area contributed by atoms with Crippen molar-refractivity contribution >= 4 is 44.8 Å². The Kier molecular flexibility index (Phi) is 15.1. The Morgan fingerprint density at radius 2 is 1.11 bits per heavy atom. The molecule has 324 valence electrons. The number of ether oxygens (including phenoxy) is 4. The number of amides is 2. The standard InChI is InChI=1S/2C22H19N5O4S/c1-30-18-11-16(12-24-20(18)31-13-17(28)14-5-3-2-4-6-14)19(29)25-22-27-26-21(32-22)15-7-9-23-10-8-15;1-30-17-11-16(12-24-20(17)31-18(13-28)14-5-3-2-4-6-14)19(29)25-22-27-26-21(32-22)15-7-9-23-10-8-15/h2-12,17,28H,13H2,1H3,(H,25,27,29);2-12,18,28H,13H2,1H3,(H,25,27,29)/t17-;18-/m00/s1. The van der Waals surface area contributed by atoms with Crippen molar-refractivity contribution in [2.75, 3.05) is 38.1 Å². The number of aliphatic hydroxyl groups excluding tert-OH is 2. The van der Waals surface area contributed by atoms with Gasteiger partial charge in [0.25, 0.3) is 23.6 Å². The molecule has 0 unspecified atom stereocenters. The van der Waals surface area contributed by atoms with E-state index in [4.69, 9.17) is 18.9 Å². The average Bonchev–Trinajstić information content (AvgIpc) is 4.04. The Balaban J connectivity index is 0.000000191. The van der Waals surface area contributed by atoms with Gasteiger partial charge < -0.3 is 29.2 Å². The summed E-state index contributed by atoms with van der Waals surface area (Å²) in [6.45, 7) is -0.255. The van der Waals surface area contributed by atoms with E-state index in [0.717, 1.165) is 22.3 Å². The van der Waals surface area contributed by atoms with E-state index >= 15 is 0 Å². The van der Waals surface area contributed by atoms with E-state index in [1.807, 2.05) is 72.8 Å². The van der Waals surface area contributed by atoms with E-state index in [9.17, 15) is 19.8 Å². The zero-order valence-corrected chi connectivity index (χ0v) is 35.6. The number of aromatic nitrogens is 8. The zero-order chi connectivity index (χ0) is 44.7. The normalized spacial score (nSPS) is 11.6. The molecule has 2 atom stereocenters. The number of carbonyl (C=O) groups excluding carboxylic acids is 2. The second-order valence-electron chi connectivity index (χ2n) is 13.1. The lowest BCUT2D eigenvalue weighted by molar-refractivity contribution is 0.101. The number of rotatable bonds is 16. The number of benzene rings is 2. The molecule has 0 saturated carbocycles. The maximum Gasteiger partial charge on any atom is 0.259 e. The molecule has 20 heteroatoms. The molecule has 0 fully saturated rings. The molecule has 0 radical (unpaired) electrons. The minimum Gasteiger partial charge on any atom is -0.491 e. The molecular formula is C44H38N10O8S2. The number of hydrogen-bond acceptors (Lipinski definition) is 18. The molecule has 8 aromatic rings. The van der Waals surface area contributed by atoms with Crippen molar-refractivity contribution in [1.29, 1.82) is 0 Å². The minimum atomic E-state index is -0.822. The summed E-state index contributed by atoms with van der Waals surface area (Å²) in [7, 11) is 2.90. The van der Waals surface area contributed by atoms with Gasteiger partial charge in [0.05, 0.1) is 32.0 Å². The highest BCUT2D eigenvalue weighted by atomic mass is 32.1. The quantitative estimate of drug-likeness (QED) is 0.0786. The van der Waals surface area contributed by atoms with Crippen LogP contribution in [0.3, 0.4) is 0 Å². The van der Waals surface area contributed by atoms with Crippen LogP contribution < -0.4 is 29.6 Å². The van der Waals surface area contributed by atoms with Crippen LogP contribution in [0.5, 0.6) is 23.3 Å². The van der Waals surface area contributed by atoms with Crippen LogP contribution in [0.15, 0.2) is 134 Å². The van der Waals surface area contributed by atoms with Crippen LogP contribution in [0, 0.1) is 0 Å². The number of nitrogens with zero attached hydrogens (tertiary/aromatic N) is 8. The lowest BCUT2D eigenvalue weighted by Crippen LogP contribution is -2.15. The molecule has 2 aromatic carbocycles. The smallest absolute Gasteiger partial charge is 0.259 e. The van der Waals surface area contributed by atoms with Crippen molar-refractivity contribution in [3.8, 4) is 44.4 Å². The van der Waals surface area contributed by atoms with Gasteiger partial charge in [0.1, 0.15) is 28.8 Å². The van der Waals surface area contributed by atoms with E-state index in [2.05, 4.69) is 51.0 Å². The third kappa shape index (κ3) is 11.6. The largest absolute Gasteiger partial charge is 0.491 e. The Labute approximate surface area is 373 Å². The van der Waals surface area contributed by atoms with Crippen molar-refractivity contribution < 1.29 is 38.7 Å². The topological polar surface area (TPSA) is 239 Å². The summed E-state index contributed by atoms with van der Waals surface area (Å²) in [5.74, 6) is 0.0535. The number of carbonyl (C=O) groups is 2. The third-order valence-corrected chi connectivity index (χ3v) is 10.7. The van der Waals surface area contributed by atoms with Crippen molar-refractivity contribution in [1.82, 2.24) is 40.3 Å². The van der Waals surface area contributed by atoms with Crippen molar-refractivity contribution in [3.63, 3.8) is 0 Å². The first kappa shape index (κ1) is 44.3. The van der Waals surface area contributed by atoms with E-state index in [0.29, 0.717) is 20.3 Å². The summed E-state index contributed by atoms with van der Waals surface area (Å²) in [6.07, 6.45) is 7.95. The van der Waals surface area contributed by atoms with Crippen molar-refractivity contribution in [2.24, 2.45) is 0 Å². The summed E-state index contributed by atoms with van der Waals surface area (Å²) < 4.78 is 22.1. The number of aliphatic hydroxyl groups is 2. The zero-order valence-electron chi connectivity index (χ0n) is 34.0. The molecule has 0 aliphatic carbocycles.